The van der Waals surface area contributed by atoms with Crippen LogP contribution in [0.3, 0.4) is 0 Å². The lowest BCUT2D eigenvalue weighted by Crippen LogP contribution is -1.74. The molecule has 0 radical (unpaired) electrons. The summed E-state index contributed by atoms with van der Waals surface area (Å²) in [6.07, 6.45) is 0. The van der Waals surface area contributed by atoms with E-state index in [1.54, 1.807) is 0 Å². The predicted octanol–water partition coefficient (Wildman–Crippen LogP) is -0.288. The molecule has 0 aliphatic rings. The van der Waals surface area contributed by atoms with Crippen LogP contribution in [0.4, 0.5) is 0 Å². The Morgan fingerprint density at radius 3 is 1.43 bits per heavy atom. The molecule has 0 bridgehead atoms. The van der Waals surface area contributed by atoms with Crippen molar-refractivity contribution < 1.29 is 5.09 Å². The van der Waals surface area contributed by atoms with E-state index in [1.807, 2.05) is 0 Å². The van der Waals surface area contributed by atoms with Crippen molar-refractivity contribution in [3.8, 4) is 0 Å². The molecule has 6 nitrogen and oxygen atoms in total. The van der Waals surface area contributed by atoms with Crippen LogP contribution in [0.2, 0.25) is 0 Å². The Balaban J connectivity index is -0.0000000480. The Morgan fingerprint density at radius 1 is 1.43 bits per heavy atom. The molecule has 0 rings (SSSR count). The molecular formula is CH9N3O3. The van der Waals surface area contributed by atoms with Crippen LogP contribution in [-0.4, -0.2) is 12.1 Å². The topological polar surface area (TPSA) is 129 Å². The van der Waals surface area contributed by atoms with Crippen LogP contribution in [-0.2, 0) is 0 Å². The zero-order valence-electron chi connectivity index (χ0n) is 4.25. The predicted molar refractivity (Wildman–Crippen MR) is 26.5 cm³/mol. The minimum atomic E-state index is -1.75. The first-order valence-electron chi connectivity index (χ1n) is 1.13. The number of nitrogens with zero attached hydrogens (tertiary/aromatic N) is 1. The molecule has 0 saturated carbocycles. The van der Waals surface area contributed by atoms with E-state index in [4.69, 9.17) is 15.3 Å². The van der Waals surface area contributed by atoms with Gasteiger partial charge in [0.25, 0.3) is 0 Å². The summed E-state index contributed by atoms with van der Waals surface area (Å²) in [4.78, 5) is 8.25. The fraction of sp³-hybridized carbons (Fsp3) is 1.00. The maximum absolute atomic E-state index is 8.25. The van der Waals surface area contributed by atoms with Gasteiger partial charge >= 0.3 is 0 Å². The van der Waals surface area contributed by atoms with E-state index in [9.17, 15) is 0 Å². The van der Waals surface area contributed by atoms with Crippen molar-refractivity contribution in [3.05, 3.63) is 15.3 Å². The molecular weight excluding hydrogens is 102 g/mol. The second kappa shape index (κ2) is 19.3. The van der Waals surface area contributed by atoms with Gasteiger partial charge < -0.3 is 27.2 Å². The molecule has 0 aromatic heterocycles. The van der Waals surface area contributed by atoms with Gasteiger partial charge in [-0.1, -0.05) is 0 Å². The van der Waals surface area contributed by atoms with Gasteiger partial charge in [-0.15, -0.1) is 0 Å². The lowest BCUT2D eigenvalue weighted by atomic mass is 11.6. The number of hydrogen-bond donors (Lipinski definition) is 2. The van der Waals surface area contributed by atoms with Crippen LogP contribution in [0, 0.1) is 15.3 Å². The first-order chi connectivity index (χ1) is 2.73. The molecule has 0 unspecified atom stereocenters. The molecule has 0 heterocycles. The van der Waals surface area contributed by atoms with Gasteiger partial charge in [0, 0.05) is 0 Å². The van der Waals surface area contributed by atoms with Gasteiger partial charge in [-0.2, -0.15) is 0 Å². The van der Waals surface area contributed by atoms with E-state index in [0.29, 0.717) is 0 Å². The summed E-state index contributed by atoms with van der Waals surface area (Å²) in [7, 11) is 1.50. The number of rotatable bonds is 0. The van der Waals surface area contributed by atoms with Crippen molar-refractivity contribution >= 4 is 0 Å². The highest BCUT2D eigenvalue weighted by molar-refractivity contribution is 4.03. The minimum absolute atomic E-state index is 0. The zero-order chi connectivity index (χ0) is 5.58. The molecule has 7 heavy (non-hydrogen) atoms. The number of nitrogens with two attached hydrogens (primary N) is 1. The van der Waals surface area contributed by atoms with Crippen molar-refractivity contribution in [2.75, 3.05) is 7.05 Å². The third kappa shape index (κ3) is 64.4. The Hall–Kier alpha value is -0.880. The monoisotopic (exact) mass is 111 g/mol. The highest BCUT2D eigenvalue weighted by Gasteiger charge is 1.45. The summed E-state index contributed by atoms with van der Waals surface area (Å²) in [6.45, 7) is 0. The molecule has 6 N–H and O–H groups in total. The molecule has 0 aromatic rings. The first kappa shape index (κ1) is 16.5. The van der Waals surface area contributed by atoms with E-state index < -0.39 is 5.09 Å². The average molecular weight is 111 g/mol. The quantitative estimate of drug-likeness (QED) is 0.328. The third-order valence-corrected chi connectivity index (χ3v) is 0. The summed E-state index contributed by atoms with van der Waals surface area (Å²) >= 11 is 0. The molecule has 0 saturated heterocycles. The van der Waals surface area contributed by atoms with Gasteiger partial charge in [0.2, 0.25) is 0 Å². The van der Waals surface area contributed by atoms with E-state index >= 15 is 0 Å². The Morgan fingerprint density at radius 2 is 1.43 bits per heavy atom. The van der Waals surface area contributed by atoms with Crippen molar-refractivity contribution in [2.45, 2.75) is 0 Å². The van der Waals surface area contributed by atoms with Crippen molar-refractivity contribution in [1.82, 2.24) is 6.15 Å². The Labute approximate surface area is 40.6 Å². The SMILES string of the molecule is CN.O=[N+]([O-])[O-].[NH4+]. The average Bonchev–Trinajstić information content (AvgIpc) is 1.41. The first-order valence-corrected chi connectivity index (χ1v) is 1.13. The Kier molecular flexibility index (Phi) is 45.5. The van der Waals surface area contributed by atoms with Gasteiger partial charge in [-0.25, -0.2) is 0 Å². The van der Waals surface area contributed by atoms with E-state index in [1.165, 1.54) is 7.05 Å². The normalized spacial score (nSPS) is 4.29. The summed E-state index contributed by atoms with van der Waals surface area (Å²) in [5.74, 6) is 0. The van der Waals surface area contributed by atoms with Crippen LogP contribution < -0.4 is 11.9 Å². The van der Waals surface area contributed by atoms with Gasteiger partial charge in [0.1, 0.15) is 0 Å². The second-order valence-corrected chi connectivity index (χ2v) is 0.224. The molecule has 6 heteroatoms. The van der Waals surface area contributed by atoms with Crippen molar-refractivity contribution in [1.29, 1.82) is 0 Å². The highest BCUT2D eigenvalue weighted by atomic mass is 16.9. The van der Waals surface area contributed by atoms with Crippen molar-refractivity contribution in [2.24, 2.45) is 5.73 Å². The summed E-state index contributed by atoms with van der Waals surface area (Å²) in [5, 5.41) is 14.8. The third-order valence-electron chi connectivity index (χ3n) is 0. The fourth-order valence-electron chi connectivity index (χ4n) is 0. The molecule has 0 atom stereocenters. The lowest BCUT2D eigenvalue weighted by molar-refractivity contribution is -0.402. The van der Waals surface area contributed by atoms with Gasteiger partial charge in [-0.05, 0) is 7.05 Å². The van der Waals surface area contributed by atoms with Gasteiger partial charge in [0.05, 0.1) is 5.09 Å². The molecule has 0 aromatic carbocycles. The standard InChI is InChI=1S/CH5N.NO3.H3N/c1-2;2-1(3)4;/h2H2,1H3;;1H3/q;-1;/p+1. The fourth-order valence-corrected chi connectivity index (χ4v) is 0. The van der Waals surface area contributed by atoms with Crippen LogP contribution >= 0.6 is 0 Å². The summed E-state index contributed by atoms with van der Waals surface area (Å²) in [6, 6.07) is 0. The molecule has 0 fully saturated rings. The summed E-state index contributed by atoms with van der Waals surface area (Å²) < 4.78 is 0. The van der Waals surface area contributed by atoms with E-state index in [-0.39, 0.29) is 6.15 Å². The smallest absolute Gasteiger partial charge is 0.0689 e. The second-order valence-electron chi connectivity index (χ2n) is 0.224. The molecule has 46 valence electrons. The molecule has 0 spiro atoms. The van der Waals surface area contributed by atoms with Crippen LogP contribution in [0.5, 0.6) is 0 Å². The summed E-state index contributed by atoms with van der Waals surface area (Å²) in [5.41, 5.74) is 4.50. The van der Waals surface area contributed by atoms with Crippen LogP contribution in [0.15, 0.2) is 0 Å². The van der Waals surface area contributed by atoms with Crippen LogP contribution in [0.25, 0.3) is 0 Å². The largest absolute Gasteiger partial charge is 0.369 e. The van der Waals surface area contributed by atoms with E-state index in [0.717, 1.165) is 0 Å². The Bertz CT molecular complexity index is 33.2. The molecule has 0 amide bonds. The molecule has 0 aliphatic carbocycles. The highest BCUT2D eigenvalue weighted by Crippen LogP contribution is 1.44. The maximum Gasteiger partial charge on any atom is 0.0689 e. The zero-order valence-corrected chi connectivity index (χ0v) is 4.25. The number of quaternary nitrogens is 1. The van der Waals surface area contributed by atoms with E-state index in [2.05, 4.69) is 5.73 Å². The maximum atomic E-state index is 8.25. The lowest BCUT2D eigenvalue weighted by Gasteiger charge is -1.74. The van der Waals surface area contributed by atoms with Gasteiger partial charge in [-0.3, -0.25) is 0 Å². The van der Waals surface area contributed by atoms with Crippen molar-refractivity contribution in [3.63, 3.8) is 0 Å². The number of hydrogen-bond acceptors (Lipinski definition) is 4. The van der Waals surface area contributed by atoms with Gasteiger partial charge in [0.15, 0.2) is 0 Å². The minimum Gasteiger partial charge on any atom is -0.369 e. The van der Waals surface area contributed by atoms with Crippen LogP contribution in [0.1, 0.15) is 0 Å². The molecule has 0 aliphatic heterocycles.